The van der Waals surface area contributed by atoms with Crippen molar-refractivity contribution in [1.82, 2.24) is 9.88 Å². The molecule has 0 aliphatic carbocycles. The fourth-order valence-corrected chi connectivity index (χ4v) is 2.74. The van der Waals surface area contributed by atoms with Crippen molar-refractivity contribution in [2.75, 3.05) is 18.4 Å². The van der Waals surface area contributed by atoms with E-state index in [1.807, 2.05) is 13.8 Å². The monoisotopic (exact) mass is 311 g/mol. The van der Waals surface area contributed by atoms with Gasteiger partial charge in [-0.15, -0.1) is 0 Å². The molecule has 1 fully saturated rings. The van der Waals surface area contributed by atoms with Gasteiger partial charge in [-0.1, -0.05) is 11.6 Å². The van der Waals surface area contributed by atoms with Crippen LogP contribution >= 0.6 is 11.6 Å². The van der Waals surface area contributed by atoms with Crippen LogP contribution in [0.15, 0.2) is 18.3 Å². The Labute approximate surface area is 130 Å². The lowest BCUT2D eigenvalue weighted by Crippen LogP contribution is -2.48. The highest BCUT2D eigenvalue weighted by Gasteiger charge is 2.29. The predicted octanol–water partition coefficient (Wildman–Crippen LogP) is 2.15. The zero-order chi connectivity index (χ0) is 15.4. The Kier molecular flexibility index (Phi) is 5.56. The molecule has 3 unspecified atom stereocenters. The molecule has 0 saturated carbocycles. The number of hydrogen-bond donors (Lipinski definition) is 2. The van der Waals surface area contributed by atoms with Crippen molar-refractivity contribution < 1.29 is 9.90 Å². The van der Waals surface area contributed by atoms with Crippen LogP contribution in [0.5, 0.6) is 0 Å². The van der Waals surface area contributed by atoms with Crippen LogP contribution in [0.3, 0.4) is 0 Å². The number of nitrogens with one attached hydrogen (secondary N) is 1. The number of pyridine rings is 1. The standard InChI is InChI=1S/C15H22ClN3O2/c1-10(19-7-3-4-12(9-19)11(2)20)15(21)18-14-6-5-13(16)8-17-14/h5-6,8,10-12,20H,3-4,7,9H2,1-2H3,(H,17,18,21). The van der Waals surface area contributed by atoms with Gasteiger partial charge in [-0.3, -0.25) is 9.69 Å². The number of nitrogens with zero attached hydrogens (tertiary/aromatic N) is 2. The van der Waals surface area contributed by atoms with Crippen molar-refractivity contribution >= 4 is 23.3 Å². The van der Waals surface area contributed by atoms with Gasteiger partial charge in [0.1, 0.15) is 5.82 Å². The molecule has 0 aromatic carbocycles. The van der Waals surface area contributed by atoms with Crippen molar-refractivity contribution in [3.8, 4) is 0 Å². The molecule has 0 bridgehead atoms. The Morgan fingerprint density at radius 1 is 1.52 bits per heavy atom. The third kappa shape index (κ3) is 4.40. The van der Waals surface area contributed by atoms with Crippen molar-refractivity contribution in [3.63, 3.8) is 0 Å². The molecular formula is C15H22ClN3O2. The first kappa shape index (κ1) is 16.2. The number of likely N-dealkylation sites (tertiary alicyclic amines) is 1. The van der Waals surface area contributed by atoms with Gasteiger partial charge in [0.2, 0.25) is 5.91 Å². The third-order valence-corrected chi connectivity index (χ3v) is 4.30. The summed E-state index contributed by atoms with van der Waals surface area (Å²) >= 11 is 5.77. The summed E-state index contributed by atoms with van der Waals surface area (Å²) in [5, 5.41) is 13.1. The normalized spacial score (nSPS) is 22.6. The molecule has 1 amide bonds. The second-order valence-corrected chi connectivity index (χ2v) is 6.10. The third-order valence-electron chi connectivity index (χ3n) is 4.08. The molecule has 0 radical (unpaired) electrons. The van der Waals surface area contributed by atoms with E-state index in [2.05, 4.69) is 15.2 Å². The molecule has 6 heteroatoms. The molecule has 0 spiro atoms. The number of carbonyl (C=O) groups excluding carboxylic acids is 1. The zero-order valence-electron chi connectivity index (χ0n) is 12.4. The molecule has 1 aliphatic rings. The largest absolute Gasteiger partial charge is 0.393 e. The number of anilines is 1. The summed E-state index contributed by atoms with van der Waals surface area (Å²) in [6.45, 7) is 5.33. The number of piperidine rings is 1. The first-order valence-corrected chi connectivity index (χ1v) is 7.69. The lowest BCUT2D eigenvalue weighted by Gasteiger charge is -2.37. The molecule has 1 aromatic rings. The topological polar surface area (TPSA) is 65.5 Å². The summed E-state index contributed by atoms with van der Waals surface area (Å²) in [6, 6.07) is 3.13. The van der Waals surface area contributed by atoms with Gasteiger partial charge in [0.25, 0.3) is 0 Å². The number of hydrogen-bond acceptors (Lipinski definition) is 4. The summed E-state index contributed by atoms with van der Waals surface area (Å²) < 4.78 is 0. The van der Waals surface area contributed by atoms with E-state index in [0.29, 0.717) is 10.8 Å². The highest BCUT2D eigenvalue weighted by Crippen LogP contribution is 2.21. The Morgan fingerprint density at radius 2 is 2.29 bits per heavy atom. The molecule has 116 valence electrons. The number of carbonyl (C=O) groups is 1. The van der Waals surface area contributed by atoms with E-state index < -0.39 is 0 Å². The van der Waals surface area contributed by atoms with E-state index in [1.165, 1.54) is 6.20 Å². The number of aromatic nitrogens is 1. The predicted molar refractivity (Wildman–Crippen MR) is 83.3 cm³/mol. The minimum absolute atomic E-state index is 0.0870. The lowest BCUT2D eigenvalue weighted by molar-refractivity contribution is -0.121. The number of rotatable bonds is 4. The van der Waals surface area contributed by atoms with Crippen molar-refractivity contribution in [3.05, 3.63) is 23.4 Å². The van der Waals surface area contributed by atoms with Crippen LogP contribution in [-0.4, -0.2) is 46.1 Å². The van der Waals surface area contributed by atoms with Crippen LogP contribution in [-0.2, 0) is 4.79 Å². The molecule has 2 N–H and O–H groups in total. The highest BCUT2D eigenvalue weighted by atomic mass is 35.5. The van der Waals surface area contributed by atoms with Crippen molar-refractivity contribution in [2.45, 2.75) is 38.8 Å². The van der Waals surface area contributed by atoms with Gasteiger partial charge in [0, 0.05) is 12.7 Å². The van der Waals surface area contributed by atoms with E-state index in [4.69, 9.17) is 11.6 Å². The van der Waals surface area contributed by atoms with Crippen LogP contribution in [0.2, 0.25) is 5.02 Å². The van der Waals surface area contributed by atoms with Crippen LogP contribution in [0, 0.1) is 5.92 Å². The van der Waals surface area contributed by atoms with Gasteiger partial charge >= 0.3 is 0 Å². The van der Waals surface area contributed by atoms with E-state index in [-0.39, 0.29) is 24.0 Å². The van der Waals surface area contributed by atoms with Gasteiger partial charge in [0.15, 0.2) is 0 Å². The summed E-state index contributed by atoms with van der Waals surface area (Å²) in [5.74, 6) is 0.652. The molecule has 21 heavy (non-hydrogen) atoms. The Hall–Kier alpha value is -1.17. The minimum atomic E-state index is -0.332. The maximum atomic E-state index is 12.3. The summed E-state index contributed by atoms with van der Waals surface area (Å²) in [7, 11) is 0. The number of aliphatic hydroxyl groups is 1. The fraction of sp³-hybridized carbons (Fsp3) is 0.600. The summed E-state index contributed by atoms with van der Waals surface area (Å²) in [4.78, 5) is 18.5. The average Bonchev–Trinajstić information content (AvgIpc) is 2.49. The number of aliphatic hydroxyl groups excluding tert-OH is 1. The molecule has 3 atom stereocenters. The zero-order valence-corrected chi connectivity index (χ0v) is 13.2. The molecule has 5 nitrogen and oxygen atoms in total. The van der Waals surface area contributed by atoms with Crippen LogP contribution in [0.25, 0.3) is 0 Å². The van der Waals surface area contributed by atoms with Gasteiger partial charge in [-0.2, -0.15) is 0 Å². The van der Waals surface area contributed by atoms with Gasteiger partial charge < -0.3 is 10.4 Å². The summed E-state index contributed by atoms with van der Waals surface area (Å²) in [6.07, 6.45) is 3.20. The smallest absolute Gasteiger partial charge is 0.242 e. The minimum Gasteiger partial charge on any atom is -0.393 e. The van der Waals surface area contributed by atoms with Crippen LogP contribution in [0.1, 0.15) is 26.7 Å². The fourth-order valence-electron chi connectivity index (χ4n) is 2.63. The van der Waals surface area contributed by atoms with Crippen LogP contribution < -0.4 is 5.32 Å². The van der Waals surface area contributed by atoms with Gasteiger partial charge in [0.05, 0.1) is 17.2 Å². The summed E-state index contributed by atoms with van der Waals surface area (Å²) in [5.41, 5.74) is 0. The van der Waals surface area contributed by atoms with E-state index >= 15 is 0 Å². The van der Waals surface area contributed by atoms with Crippen LogP contribution in [0.4, 0.5) is 5.82 Å². The Morgan fingerprint density at radius 3 is 2.90 bits per heavy atom. The first-order valence-electron chi connectivity index (χ1n) is 7.32. The van der Waals surface area contributed by atoms with E-state index in [1.54, 1.807) is 12.1 Å². The molecule has 1 saturated heterocycles. The van der Waals surface area contributed by atoms with Gasteiger partial charge in [-0.25, -0.2) is 4.98 Å². The lowest BCUT2D eigenvalue weighted by atomic mass is 9.92. The highest BCUT2D eigenvalue weighted by molar-refractivity contribution is 6.30. The SMILES string of the molecule is CC(O)C1CCCN(C(C)C(=O)Nc2ccc(Cl)cn2)C1. The molecular weight excluding hydrogens is 290 g/mol. The second kappa shape index (κ2) is 7.20. The van der Waals surface area contributed by atoms with Crippen molar-refractivity contribution in [1.29, 1.82) is 0 Å². The van der Waals surface area contributed by atoms with Gasteiger partial charge in [-0.05, 0) is 51.3 Å². The average molecular weight is 312 g/mol. The number of amides is 1. The Balaban J connectivity index is 1.93. The quantitative estimate of drug-likeness (QED) is 0.894. The van der Waals surface area contributed by atoms with Crippen molar-refractivity contribution in [2.24, 2.45) is 5.92 Å². The van der Waals surface area contributed by atoms with E-state index in [0.717, 1.165) is 25.9 Å². The molecule has 2 rings (SSSR count). The number of halogens is 1. The van der Waals surface area contributed by atoms with E-state index in [9.17, 15) is 9.90 Å². The Bertz CT molecular complexity index is 478. The molecule has 2 heterocycles. The maximum Gasteiger partial charge on any atom is 0.242 e. The molecule has 1 aliphatic heterocycles. The molecule has 1 aromatic heterocycles. The maximum absolute atomic E-state index is 12.3. The second-order valence-electron chi connectivity index (χ2n) is 5.66. The first-order chi connectivity index (χ1) is 9.97.